The van der Waals surface area contributed by atoms with Gasteiger partial charge in [0.1, 0.15) is 17.2 Å². The van der Waals surface area contributed by atoms with Crippen LogP contribution in [0.3, 0.4) is 0 Å². The molecule has 1 unspecified atom stereocenters. The number of piperazine rings is 1. The van der Waals surface area contributed by atoms with Crippen molar-refractivity contribution in [2.75, 3.05) is 68.0 Å². The lowest BCUT2D eigenvalue weighted by atomic mass is 9.91. The SMILES string of the molecule is CC(C1CN(C(=O)OC(C)(C)C)C1)N1CCN(c2ccc(C(=O)Nc3n[nH]c4ccc(Cc5cc(F)cc(F)c5)cc34)c(NC3CCOCC3)c2)CC1. The minimum atomic E-state index is -0.621. The van der Waals surface area contributed by atoms with Crippen LogP contribution in [-0.2, 0) is 15.9 Å². The summed E-state index contributed by atoms with van der Waals surface area (Å²) in [5.74, 6) is -0.743. The molecule has 2 amide bonds. The van der Waals surface area contributed by atoms with Gasteiger partial charge in [-0.2, -0.15) is 5.10 Å². The van der Waals surface area contributed by atoms with Crippen LogP contribution in [0.1, 0.15) is 62.0 Å². The highest BCUT2D eigenvalue weighted by Crippen LogP contribution is 2.31. The fraction of sp³-hybridized carbons (Fsp3) is 0.475. The van der Waals surface area contributed by atoms with Crippen LogP contribution in [0.5, 0.6) is 0 Å². The van der Waals surface area contributed by atoms with E-state index in [1.807, 2.05) is 51.1 Å². The van der Waals surface area contributed by atoms with Crippen molar-refractivity contribution in [1.29, 1.82) is 0 Å². The number of rotatable bonds is 9. The third-order valence-corrected chi connectivity index (χ3v) is 10.5. The number of halogens is 2. The molecule has 3 saturated heterocycles. The zero-order chi connectivity index (χ0) is 37.3. The Kier molecular flexibility index (Phi) is 10.6. The van der Waals surface area contributed by atoms with Gasteiger partial charge in [-0.15, -0.1) is 0 Å². The Morgan fingerprint density at radius 1 is 0.962 bits per heavy atom. The molecule has 7 rings (SSSR count). The van der Waals surface area contributed by atoms with Gasteiger partial charge >= 0.3 is 6.09 Å². The Hall–Kier alpha value is -4.75. The highest BCUT2D eigenvalue weighted by molar-refractivity contribution is 6.11. The molecule has 53 heavy (non-hydrogen) atoms. The molecule has 4 aromatic rings. The molecule has 11 nitrogen and oxygen atoms in total. The molecule has 3 N–H and O–H groups in total. The predicted molar refractivity (Wildman–Crippen MR) is 202 cm³/mol. The predicted octanol–water partition coefficient (Wildman–Crippen LogP) is 6.65. The number of hydrogen-bond acceptors (Lipinski definition) is 8. The van der Waals surface area contributed by atoms with E-state index in [1.165, 1.54) is 12.1 Å². The topological polar surface area (TPSA) is 115 Å². The van der Waals surface area contributed by atoms with Gasteiger partial charge < -0.3 is 29.9 Å². The second kappa shape index (κ2) is 15.3. The Morgan fingerprint density at radius 3 is 2.38 bits per heavy atom. The van der Waals surface area contributed by atoms with E-state index in [0.29, 0.717) is 67.0 Å². The van der Waals surface area contributed by atoms with Gasteiger partial charge in [0, 0.05) is 93.3 Å². The van der Waals surface area contributed by atoms with Crippen LogP contribution in [0.2, 0.25) is 0 Å². The summed E-state index contributed by atoms with van der Waals surface area (Å²) in [7, 11) is 0. The second-order valence-electron chi connectivity index (χ2n) is 15.5. The summed E-state index contributed by atoms with van der Waals surface area (Å²) in [6.45, 7) is 14.2. The summed E-state index contributed by atoms with van der Waals surface area (Å²) in [4.78, 5) is 33.0. The number of nitrogens with zero attached hydrogens (tertiary/aromatic N) is 4. The molecule has 3 aliphatic heterocycles. The summed E-state index contributed by atoms with van der Waals surface area (Å²) in [6.07, 6.45) is 1.77. The number of amides is 2. The van der Waals surface area contributed by atoms with Crippen molar-refractivity contribution in [1.82, 2.24) is 20.0 Å². The molecule has 4 heterocycles. The summed E-state index contributed by atoms with van der Waals surface area (Å²) in [6, 6.07) is 15.6. The number of nitrogens with one attached hydrogen (secondary N) is 3. The van der Waals surface area contributed by atoms with Gasteiger partial charge in [0.15, 0.2) is 5.82 Å². The van der Waals surface area contributed by atoms with E-state index >= 15 is 0 Å². The molecular formula is C40H49F2N7O4. The van der Waals surface area contributed by atoms with Crippen LogP contribution in [0.25, 0.3) is 10.9 Å². The van der Waals surface area contributed by atoms with Crippen molar-refractivity contribution in [2.24, 2.45) is 5.92 Å². The van der Waals surface area contributed by atoms with Gasteiger partial charge in [0.25, 0.3) is 5.91 Å². The molecule has 282 valence electrons. The standard InChI is InChI=1S/C40H49F2N7O4/c1-25(28-23-49(24-28)39(51)53-40(2,3)4)47-11-13-48(14-12-47)32-6-7-33(36(22-32)43-31-9-15-52-16-10-31)38(50)44-37-34-20-26(5-8-35(34)45-46-37)17-27-18-29(41)21-30(42)19-27/h5-8,18-22,25,28,31,43H,9-17,23-24H2,1-4H3,(H2,44,45,46,50). The molecule has 1 aromatic heterocycles. The Morgan fingerprint density at radius 2 is 1.68 bits per heavy atom. The zero-order valence-corrected chi connectivity index (χ0v) is 30.9. The number of ether oxygens (including phenoxy) is 2. The van der Waals surface area contributed by atoms with E-state index in [0.717, 1.165) is 67.5 Å². The lowest BCUT2D eigenvalue weighted by molar-refractivity contribution is -0.0179. The van der Waals surface area contributed by atoms with Crippen molar-refractivity contribution >= 4 is 40.1 Å². The smallest absolute Gasteiger partial charge is 0.410 e. The maximum Gasteiger partial charge on any atom is 0.410 e. The molecule has 3 aromatic carbocycles. The van der Waals surface area contributed by atoms with Gasteiger partial charge in [-0.25, -0.2) is 13.6 Å². The molecule has 0 spiro atoms. The first kappa shape index (κ1) is 36.6. The van der Waals surface area contributed by atoms with Crippen LogP contribution in [-0.4, -0.2) is 102 Å². The van der Waals surface area contributed by atoms with Crippen LogP contribution in [0.4, 0.5) is 30.8 Å². The molecule has 0 bridgehead atoms. The van der Waals surface area contributed by atoms with Gasteiger partial charge in [0.2, 0.25) is 0 Å². The fourth-order valence-electron chi connectivity index (χ4n) is 7.48. The van der Waals surface area contributed by atoms with Gasteiger partial charge in [0.05, 0.1) is 11.1 Å². The third-order valence-electron chi connectivity index (χ3n) is 10.5. The summed E-state index contributed by atoms with van der Waals surface area (Å²) in [5, 5.41) is 14.7. The molecule has 3 aliphatic rings. The van der Waals surface area contributed by atoms with Gasteiger partial charge in [-0.3, -0.25) is 14.8 Å². The molecule has 3 fully saturated rings. The lowest BCUT2D eigenvalue weighted by Crippen LogP contribution is -2.60. The minimum Gasteiger partial charge on any atom is -0.444 e. The minimum absolute atomic E-state index is 0.174. The van der Waals surface area contributed by atoms with E-state index in [-0.39, 0.29) is 18.0 Å². The normalized spacial score (nSPS) is 18.2. The lowest BCUT2D eigenvalue weighted by Gasteiger charge is -2.48. The third kappa shape index (κ3) is 8.73. The number of fused-ring (bicyclic) bond motifs is 1. The van der Waals surface area contributed by atoms with Crippen LogP contribution >= 0.6 is 0 Å². The molecule has 0 aliphatic carbocycles. The monoisotopic (exact) mass is 729 g/mol. The number of carbonyl (C=O) groups excluding carboxylic acids is 2. The molecular weight excluding hydrogens is 680 g/mol. The highest BCUT2D eigenvalue weighted by Gasteiger charge is 2.39. The number of anilines is 3. The Balaban J connectivity index is 1.03. The molecule has 0 radical (unpaired) electrons. The van der Waals surface area contributed by atoms with E-state index in [4.69, 9.17) is 9.47 Å². The van der Waals surface area contributed by atoms with E-state index < -0.39 is 17.2 Å². The number of aromatic nitrogens is 2. The van der Waals surface area contributed by atoms with Crippen molar-refractivity contribution < 1.29 is 27.8 Å². The van der Waals surface area contributed by atoms with Gasteiger partial charge in [-0.05, 0) is 101 Å². The van der Waals surface area contributed by atoms with Crippen molar-refractivity contribution in [3.63, 3.8) is 0 Å². The Bertz CT molecular complexity index is 1920. The number of hydrogen-bond donors (Lipinski definition) is 3. The number of carbonyl (C=O) groups is 2. The van der Waals surface area contributed by atoms with Gasteiger partial charge in [-0.1, -0.05) is 6.07 Å². The largest absolute Gasteiger partial charge is 0.444 e. The molecule has 1 atom stereocenters. The number of likely N-dealkylation sites (tertiary alicyclic amines) is 1. The zero-order valence-electron chi connectivity index (χ0n) is 30.9. The first-order valence-electron chi connectivity index (χ1n) is 18.6. The summed E-state index contributed by atoms with van der Waals surface area (Å²) >= 11 is 0. The second-order valence-corrected chi connectivity index (χ2v) is 15.5. The van der Waals surface area contributed by atoms with E-state index in [9.17, 15) is 18.4 Å². The van der Waals surface area contributed by atoms with Crippen LogP contribution in [0.15, 0.2) is 54.6 Å². The van der Waals surface area contributed by atoms with E-state index in [1.54, 1.807) is 4.90 Å². The summed E-state index contributed by atoms with van der Waals surface area (Å²) < 4.78 is 38.8. The van der Waals surface area contributed by atoms with E-state index in [2.05, 4.69) is 43.6 Å². The van der Waals surface area contributed by atoms with Crippen molar-refractivity contribution in [3.8, 4) is 0 Å². The molecule has 0 saturated carbocycles. The maximum absolute atomic E-state index is 13.9. The summed E-state index contributed by atoms with van der Waals surface area (Å²) in [5.41, 5.74) is 3.89. The van der Waals surface area contributed by atoms with Crippen LogP contribution in [0, 0.1) is 17.6 Å². The molecule has 13 heteroatoms. The fourth-order valence-corrected chi connectivity index (χ4v) is 7.48. The number of aromatic amines is 1. The number of benzene rings is 3. The Labute approximate surface area is 309 Å². The quantitative estimate of drug-likeness (QED) is 0.176. The van der Waals surface area contributed by atoms with Crippen molar-refractivity contribution in [2.45, 2.75) is 64.6 Å². The first-order valence-corrected chi connectivity index (χ1v) is 18.6. The average molecular weight is 730 g/mol. The number of H-pyrrole nitrogens is 1. The van der Waals surface area contributed by atoms with Crippen molar-refractivity contribution in [3.05, 3.63) is 82.9 Å². The first-order chi connectivity index (χ1) is 25.4. The maximum atomic E-state index is 13.9. The average Bonchev–Trinajstić information content (AvgIpc) is 3.48. The van der Waals surface area contributed by atoms with Crippen LogP contribution < -0.4 is 15.5 Å². The highest BCUT2D eigenvalue weighted by atomic mass is 19.1.